The van der Waals surface area contributed by atoms with E-state index in [1.165, 1.54) is 0 Å². The molecule has 6 nitrogen and oxygen atoms in total. The molecule has 0 aromatic heterocycles. The van der Waals surface area contributed by atoms with Crippen LogP contribution < -0.4 is 20.3 Å². The average molecular weight is 521 g/mol. The number of nitrogens with one attached hydrogen (secondary N) is 2. The third kappa shape index (κ3) is 6.71. The minimum absolute atomic E-state index is 0.249. The molecule has 0 aliphatic heterocycles. The summed E-state index contributed by atoms with van der Waals surface area (Å²) in [5.74, 6) is 0.0972. The number of hydrogen-bond donors (Lipinski definition) is 2. The van der Waals surface area contributed by atoms with Crippen LogP contribution in [0.4, 0.5) is 0 Å². The third-order valence-electron chi connectivity index (χ3n) is 3.38. The first-order chi connectivity index (χ1) is 12.8. The standard InChI is InChI=1S/C18H17Br2ClN2O4/c1-10-6-13(21)3-4-15(10)26-8-16(24)22-23-17(25)9-27-18-11(2)5-12(19)7-14(18)20/h3-7H,8-9H2,1-2H3,(H,22,24)(H,23,25). The van der Waals surface area contributed by atoms with E-state index in [9.17, 15) is 9.59 Å². The van der Waals surface area contributed by atoms with Gasteiger partial charge in [-0.3, -0.25) is 20.4 Å². The lowest BCUT2D eigenvalue weighted by molar-refractivity contribution is -0.131. The molecule has 144 valence electrons. The van der Waals surface area contributed by atoms with Gasteiger partial charge < -0.3 is 9.47 Å². The molecule has 0 atom stereocenters. The van der Waals surface area contributed by atoms with Crippen molar-refractivity contribution in [3.63, 3.8) is 0 Å². The molecule has 2 aromatic carbocycles. The number of ether oxygens (including phenoxy) is 2. The molecule has 0 fully saturated rings. The van der Waals surface area contributed by atoms with E-state index in [2.05, 4.69) is 42.7 Å². The highest BCUT2D eigenvalue weighted by atomic mass is 79.9. The Morgan fingerprint density at radius 3 is 2.19 bits per heavy atom. The summed E-state index contributed by atoms with van der Waals surface area (Å²) in [5, 5.41) is 0.587. The van der Waals surface area contributed by atoms with Crippen LogP contribution >= 0.6 is 43.5 Å². The van der Waals surface area contributed by atoms with E-state index >= 15 is 0 Å². The summed E-state index contributed by atoms with van der Waals surface area (Å²) in [7, 11) is 0. The maximum Gasteiger partial charge on any atom is 0.276 e. The van der Waals surface area contributed by atoms with E-state index in [0.29, 0.717) is 16.5 Å². The van der Waals surface area contributed by atoms with Crippen LogP contribution in [0.1, 0.15) is 11.1 Å². The third-order valence-corrected chi connectivity index (χ3v) is 4.66. The highest BCUT2D eigenvalue weighted by Crippen LogP contribution is 2.32. The minimum Gasteiger partial charge on any atom is -0.483 e. The number of aryl methyl sites for hydroxylation is 2. The lowest BCUT2D eigenvalue weighted by Gasteiger charge is -2.13. The van der Waals surface area contributed by atoms with Crippen molar-refractivity contribution in [3.8, 4) is 11.5 Å². The van der Waals surface area contributed by atoms with Crippen LogP contribution in [0.2, 0.25) is 5.02 Å². The molecule has 0 unspecified atom stereocenters. The number of rotatable bonds is 6. The number of hydrogen-bond acceptors (Lipinski definition) is 4. The van der Waals surface area contributed by atoms with Crippen LogP contribution in [-0.2, 0) is 9.59 Å². The van der Waals surface area contributed by atoms with E-state index in [1.807, 2.05) is 26.0 Å². The van der Waals surface area contributed by atoms with Crippen LogP contribution in [0.3, 0.4) is 0 Å². The molecule has 0 aliphatic carbocycles. The molecular weight excluding hydrogens is 503 g/mol. The van der Waals surface area contributed by atoms with Crippen molar-refractivity contribution < 1.29 is 19.1 Å². The second kappa shape index (κ2) is 9.96. The monoisotopic (exact) mass is 518 g/mol. The van der Waals surface area contributed by atoms with Gasteiger partial charge in [0.25, 0.3) is 11.8 Å². The lowest BCUT2D eigenvalue weighted by Crippen LogP contribution is -2.45. The van der Waals surface area contributed by atoms with E-state index < -0.39 is 11.8 Å². The molecule has 9 heteroatoms. The number of amides is 2. The van der Waals surface area contributed by atoms with Gasteiger partial charge in [-0.15, -0.1) is 0 Å². The van der Waals surface area contributed by atoms with Crippen LogP contribution in [0, 0.1) is 13.8 Å². The molecule has 2 aromatic rings. The van der Waals surface area contributed by atoms with Crippen LogP contribution in [0.15, 0.2) is 39.3 Å². The topological polar surface area (TPSA) is 76.7 Å². The fourth-order valence-electron chi connectivity index (χ4n) is 2.14. The second-order valence-corrected chi connectivity index (χ2v) is 7.82. The Morgan fingerprint density at radius 2 is 1.59 bits per heavy atom. The first-order valence-electron chi connectivity index (χ1n) is 7.81. The Kier molecular flexibility index (Phi) is 7.94. The Bertz CT molecular complexity index is 838. The van der Waals surface area contributed by atoms with Gasteiger partial charge in [-0.1, -0.05) is 27.5 Å². The van der Waals surface area contributed by atoms with Crippen LogP contribution in [0.5, 0.6) is 11.5 Å². The molecule has 0 spiro atoms. The first kappa shape index (κ1) is 21.5. The Balaban J connectivity index is 1.76. The van der Waals surface area contributed by atoms with Crippen molar-refractivity contribution in [1.82, 2.24) is 10.9 Å². The molecule has 2 amide bonds. The molecule has 0 radical (unpaired) electrons. The van der Waals surface area contributed by atoms with Gasteiger partial charge in [0, 0.05) is 9.50 Å². The predicted octanol–water partition coefficient (Wildman–Crippen LogP) is 4.09. The maximum absolute atomic E-state index is 11.8. The zero-order chi connectivity index (χ0) is 20.0. The highest BCUT2D eigenvalue weighted by Gasteiger charge is 2.11. The van der Waals surface area contributed by atoms with Gasteiger partial charge in [0.05, 0.1) is 4.47 Å². The summed E-state index contributed by atoms with van der Waals surface area (Å²) < 4.78 is 12.5. The average Bonchev–Trinajstić information content (AvgIpc) is 2.58. The summed E-state index contributed by atoms with van der Waals surface area (Å²) >= 11 is 12.6. The number of hydrazine groups is 1. The molecule has 0 heterocycles. The summed E-state index contributed by atoms with van der Waals surface area (Å²) in [6.45, 7) is 3.18. The zero-order valence-electron chi connectivity index (χ0n) is 14.6. The van der Waals surface area contributed by atoms with Gasteiger partial charge in [0.2, 0.25) is 0 Å². The quantitative estimate of drug-likeness (QED) is 0.563. The molecule has 0 saturated heterocycles. The van der Waals surface area contributed by atoms with Crippen LogP contribution in [-0.4, -0.2) is 25.0 Å². The van der Waals surface area contributed by atoms with Gasteiger partial charge in [-0.05, 0) is 71.2 Å². The molecule has 2 rings (SSSR count). The number of benzene rings is 2. The predicted molar refractivity (Wildman–Crippen MR) is 110 cm³/mol. The molecular formula is C18H17Br2ClN2O4. The summed E-state index contributed by atoms with van der Waals surface area (Å²) in [5.41, 5.74) is 6.21. The van der Waals surface area contributed by atoms with Crippen molar-refractivity contribution in [2.75, 3.05) is 13.2 Å². The number of halogens is 3. The Hall–Kier alpha value is -1.77. The van der Waals surface area contributed by atoms with E-state index in [1.54, 1.807) is 18.2 Å². The second-order valence-electron chi connectivity index (χ2n) is 5.62. The van der Waals surface area contributed by atoms with Crippen molar-refractivity contribution in [3.05, 3.63) is 55.4 Å². The van der Waals surface area contributed by atoms with Gasteiger partial charge in [0.15, 0.2) is 13.2 Å². The summed E-state index contributed by atoms with van der Waals surface area (Å²) in [4.78, 5) is 23.6. The molecule has 0 bridgehead atoms. The summed E-state index contributed by atoms with van der Waals surface area (Å²) in [6, 6.07) is 8.77. The van der Waals surface area contributed by atoms with E-state index in [4.69, 9.17) is 21.1 Å². The first-order valence-corrected chi connectivity index (χ1v) is 9.77. The Morgan fingerprint density at radius 1 is 0.963 bits per heavy atom. The largest absolute Gasteiger partial charge is 0.483 e. The van der Waals surface area contributed by atoms with Gasteiger partial charge in [0.1, 0.15) is 11.5 Å². The molecule has 2 N–H and O–H groups in total. The van der Waals surface area contributed by atoms with E-state index in [-0.39, 0.29) is 13.2 Å². The van der Waals surface area contributed by atoms with Crippen molar-refractivity contribution in [2.24, 2.45) is 0 Å². The van der Waals surface area contributed by atoms with Gasteiger partial charge in [-0.25, -0.2) is 0 Å². The molecule has 0 saturated carbocycles. The minimum atomic E-state index is -0.501. The summed E-state index contributed by atoms with van der Waals surface area (Å²) in [6.07, 6.45) is 0. The fraction of sp³-hybridized carbons (Fsp3) is 0.222. The smallest absolute Gasteiger partial charge is 0.276 e. The maximum atomic E-state index is 11.8. The lowest BCUT2D eigenvalue weighted by atomic mass is 10.2. The highest BCUT2D eigenvalue weighted by molar-refractivity contribution is 9.11. The Labute approximate surface area is 178 Å². The van der Waals surface area contributed by atoms with E-state index in [0.717, 1.165) is 20.1 Å². The van der Waals surface area contributed by atoms with Gasteiger partial charge >= 0.3 is 0 Å². The number of carbonyl (C=O) groups is 2. The van der Waals surface area contributed by atoms with Crippen molar-refractivity contribution in [2.45, 2.75) is 13.8 Å². The normalized spacial score (nSPS) is 10.3. The SMILES string of the molecule is Cc1cc(Cl)ccc1OCC(=O)NNC(=O)COc1c(C)cc(Br)cc1Br. The molecule has 27 heavy (non-hydrogen) atoms. The number of carbonyl (C=O) groups excluding carboxylic acids is 2. The van der Waals surface area contributed by atoms with Crippen molar-refractivity contribution in [1.29, 1.82) is 0 Å². The van der Waals surface area contributed by atoms with Crippen molar-refractivity contribution >= 4 is 55.3 Å². The zero-order valence-corrected chi connectivity index (χ0v) is 18.5. The van der Waals surface area contributed by atoms with Gasteiger partial charge in [-0.2, -0.15) is 0 Å². The van der Waals surface area contributed by atoms with Crippen LogP contribution in [0.25, 0.3) is 0 Å². The fourth-order valence-corrected chi connectivity index (χ4v) is 3.92. The molecule has 0 aliphatic rings.